The molecule has 1 heterocycles. The van der Waals surface area contributed by atoms with Gasteiger partial charge in [0.1, 0.15) is 5.69 Å². The van der Waals surface area contributed by atoms with Crippen molar-refractivity contribution >= 4 is 21.4 Å². The number of nitrogens with one attached hydrogen (secondary N) is 2. The summed E-state index contributed by atoms with van der Waals surface area (Å²) in [5.74, 6) is 1.26. The molecule has 0 amide bonds. The number of nitro benzene ring substituents is 1. The highest BCUT2D eigenvalue weighted by Crippen LogP contribution is 2.36. The minimum atomic E-state index is -3.85. The number of hydrogen-bond donors (Lipinski definition) is 2. The number of sulfonamides is 1. The highest BCUT2D eigenvalue weighted by atomic mass is 32.2. The molecule has 1 aliphatic heterocycles. The van der Waals surface area contributed by atoms with Crippen LogP contribution in [0, 0.1) is 10.1 Å². The van der Waals surface area contributed by atoms with Crippen molar-refractivity contribution in [3.05, 3.63) is 52.1 Å². The van der Waals surface area contributed by atoms with Gasteiger partial charge >= 0.3 is 0 Å². The average molecular weight is 451 g/mol. The Hall–Kier alpha value is -2.89. The molecule has 2 aromatic rings. The van der Waals surface area contributed by atoms with Gasteiger partial charge in [0, 0.05) is 18.7 Å². The average Bonchev–Trinajstić information content (AvgIpc) is 3.19. The second-order valence-electron chi connectivity index (χ2n) is 7.47. The van der Waals surface area contributed by atoms with Gasteiger partial charge in [-0.1, -0.05) is 6.07 Å². The number of nitro groups is 1. The molecule has 2 aromatic carbocycles. The maximum absolute atomic E-state index is 12.5. The van der Waals surface area contributed by atoms with E-state index in [0.29, 0.717) is 17.9 Å². The molecule has 0 aromatic heterocycles. The lowest BCUT2D eigenvalue weighted by Crippen LogP contribution is -2.27. The predicted octanol–water partition coefficient (Wildman–Crippen LogP) is 2.73. The smallest absolute Gasteiger partial charge is 0.293 e. The van der Waals surface area contributed by atoms with Crippen LogP contribution in [0.1, 0.15) is 24.9 Å². The summed E-state index contributed by atoms with van der Waals surface area (Å²) < 4.78 is 38.2. The van der Waals surface area contributed by atoms with Crippen LogP contribution in [0.15, 0.2) is 41.3 Å². The molecular formula is C20H26N4O6S. The molecule has 0 fully saturated rings. The number of fused-ring (bicyclic) bond motifs is 1. The molecule has 0 unspecified atom stereocenters. The third-order valence-corrected chi connectivity index (χ3v) is 6.28. The summed E-state index contributed by atoms with van der Waals surface area (Å²) in [7, 11) is -0.0557. The molecule has 0 bridgehead atoms. The SMILES string of the molecule is C[C@@H](Nc1ccc(S(=O)(=O)NCCCN(C)C)cc1[N+](=O)[O-])c1ccc2c(c1)OCO2. The summed E-state index contributed by atoms with van der Waals surface area (Å²) >= 11 is 0. The maximum atomic E-state index is 12.5. The molecular weight excluding hydrogens is 424 g/mol. The first-order chi connectivity index (χ1) is 14.7. The normalized spacial score (nSPS) is 13.9. The van der Waals surface area contributed by atoms with Gasteiger partial charge in [-0.3, -0.25) is 10.1 Å². The molecule has 0 spiro atoms. The Morgan fingerprint density at radius 1 is 1.16 bits per heavy atom. The fraction of sp³-hybridized carbons (Fsp3) is 0.400. The summed E-state index contributed by atoms with van der Waals surface area (Å²) in [6, 6.07) is 8.98. The van der Waals surface area contributed by atoms with Crippen LogP contribution < -0.4 is 19.5 Å². The molecule has 1 atom stereocenters. The van der Waals surface area contributed by atoms with E-state index in [4.69, 9.17) is 9.47 Å². The molecule has 0 aliphatic carbocycles. The minimum Gasteiger partial charge on any atom is -0.454 e. The summed E-state index contributed by atoms with van der Waals surface area (Å²) in [5, 5.41) is 14.7. The first-order valence-corrected chi connectivity index (χ1v) is 11.2. The van der Waals surface area contributed by atoms with Gasteiger partial charge in [0.25, 0.3) is 5.69 Å². The zero-order chi connectivity index (χ0) is 22.6. The van der Waals surface area contributed by atoms with E-state index < -0.39 is 14.9 Å². The predicted molar refractivity (Wildman–Crippen MR) is 116 cm³/mol. The van der Waals surface area contributed by atoms with Crippen LogP contribution in [0.5, 0.6) is 11.5 Å². The fourth-order valence-electron chi connectivity index (χ4n) is 3.14. The largest absolute Gasteiger partial charge is 0.454 e. The van der Waals surface area contributed by atoms with Gasteiger partial charge in [-0.15, -0.1) is 0 Å². The van der Waals surface area contributed by atoms with Gasteiger partial charge in [-0.05, 0) is 63.8 Å². The lowest BCUT2D eigenvalue weighted by Gasteiger charge is -2.17. The highest BCUT2D eigenvalue weighted by Gasteiger charge is 2.23. The van der Waals surface area contributed by atoms with Gasteiger partial charge in [-0.25, -0.2) is 13.1 Å². The summed E-state index contributed by atoms with van der Waals surface area (Å²) in [6.45, 7) is 2.97. The number of anilines is 1. The molecule has 1 aliphatic rings. The molecule has 10 nitrogen and oxygen atoms in total. The maximum Gasteiger partial charge on any atom is 0.293 e. The van der Waals surface area contributed by atoms with Crippen LogP contribution in [0.2, 0.25) is 0 Å². The monoisotopic (exact) mass is 450 g/mol. The minimum absolute atomic E-state index is 0.148. The molecule has 3 rings (SSSR count). The zero-order valence-corrected chi connectivity index (χ0v) is 18.4. The Morgan fingerprint density at radius 2 is 1.90 bits per heavy atom. The Kier molecular flexibility index (Phi) is 6.98. The van der Waals surface area contributed by atoms with Crippen LogP contribution in [0.25, 0.3) is 0 Å². The highest BCUT2D eigenvalue weighted by molar-refractivity contribution is 7.89. The lowest BCUT2D eigenvalue weighted by atomic mass is 10.1. The van der Waals surface area contributed by atoms with Gasteiger partial charge in [0.05, 0.1) is 9.82 Å². The van der Waals surface area contributed by atoms with E-state index in [1.54, 1.807) is 6.07 Å². The summed E-state index contributed by atoms with van der Waals surface area (Å²) in [5.41, 5.74) is 0.753. The van der Waals surface area contributed by atoms with Crippen molar-refractivity contribution in [3.63, 3.8) is 0 Å². The number of ether oxygens (including phenoxy) is 2. The van der Waals surface area contributed by atoms with Gasteiger partial charge in [0.15, 0.2) is 11.5 Å². The van der Waals surface area contributed by atoms with Crippen molar-refractivity contribution in [2.75, 3.05) is 39.3 Å². The number of hydrogen-bond acceptors (Lipinski definition) is 8. The first kappa shape index (κ1) is 22.8. The number of benzene rings is 2. The standard InChI is InChI=1S/C20H26N4O6S/c1-14(15-5-8-19-20(11-15)30-13-29-19)22-17-7-6-16(12-18(17)24(25)26)31(27,28)21-9-4-10-23(2)3/h5-8,11-12,14,21-22H,4,9-10,13H2,1-3H3/t14-/m1/s1. The molecule has 0 radical (unpaired) electrons. The van der Waals surface area contributed by atoms with Gasteiger partial charge in [0.2, 0.25) is 16.8 Å². The van der Waals surface area contributed by atoms with E-state index in [2.05, 4.69) is 10.0 Å². The van der Waals surface area contributed by atoms with E-state index in [0.717, 1.165) is 18.2 Å². The molecule has 31 heavy (non-hydrogen) atoms. The van der Waals surface area contributed by atoms with Crippen molar-refractivity contribution < 1.29 is 22.8 Å². The van der Waals surface area contributed by atoms with Crippen molar-refractivity contribution in [1.29, 1.82) is 0 Å². The van der Waals surface area contributed by atoms with Gasteiger partial charge in [-0.2, -0.15) is 0 Å². The van der Waals surface area contributed by atoms with E-state index in [9.17, 15) is 18.5 Å². The Balaban J connectivity index is 1.76. The number of nitrogens with zero attached hydrogens (tertiary/aromatic N) is 2. The van der Waals surface area contributed by atoms with Gasteiger partial charge < -0.3 is 19.7 Å². The van der Waals surface area contributed by atoms with Crippen LogP contribution in [-0.4, -0.2) is 52.2 Å². The topological polar surface area (TPSA) is 123 Å². The van der Waals surface area contributed by atoms with Crippen molar-refractivity contribution in [1.82, 2.24) is 9.62 Å². The van der Waals surface area contributed by atoms with Crippen molar-refractivity contribution in [2.24, 2.45) is 0 Å². The Bertz CT molecular complexity index is 1060. The fourth-order valence-corrected chi connectivity index (χ4v) is 4.23. The van der Waals surface area contributed by atoms with E-state index >= 15 is 0 Å². The number of rotatable bonds is 10. The summed E-state index contributed by atoms with van der Waals surface area (Å²) in [6.07, 6.45) is 0.626. The Labute approximate surface area is 181 Å². The van der Waals surface area contributed by atoms with Crippen LogP contribution in [-0.2, 0) is 10.0 Å². The van der Waals surface area contributed by atoms with E-state index in [1.807, 2.05) is 38.1 Å². The van der Waals surface area contributed by atoms with Crippen LogP contribution in [0.3, 0.4) is 0 Å². The zero-order valence-electron chi connectivity index (χ0n) is 17.6. The molecule has 0 saturated carbocycles. The quantitative estimate of drug-likeness (QED) is 0.322. The van der Waals surface area contributed by atoms with Crippen LogP contribution in [0.4, 0.5) is 11.4 Å². The van der Waals surface area contributed by atoms with Crippen LogP contribution >= 0.6 is 0 Å². The molecule has 0 saturated heterocycles. The summed E-state index contributed by atoms with van der Waals surface area (Å²) in [4.78, 5) is 12.8. The first-order valence-electron chi connectivity index (χ1n) is 9.76. The second kappa shape index (κ2) is 9.50. The van der Waals surface area contributed by atoms with E-state index in [1.165, 1.54) is 12.1 Å². The lowest BCUT2D eigenvalue weighted by molar-refractivity contribution is -0.384. The van der Waals surface area contributed by atoms with Crippen molar-refractivity contribution in [3.8, 4) is 11.5 Å². The molecule has 11 heteroatoms. The third-order valence-electron chi connectivity index (χ3n) is 4.82. The van der Waals surface area contributed by atoms with E-state index in [-0.39, 0.29) is 35.6 Å². The second-order valence-corrected chi connectivity index (χ2v) is 9.24. The molecule has 2 N–H and O–H groups in total. The Morgan fingerprint density at radius 3 is 2.61 bits per heavy atom. The third kappa shape index (κ3) is 5.63. The molecule has 168 valence electrons. The van der Waals surface area contributed by atoms with Crippen molar-refractivity contribution in [2.45, 2.75) is 24.3 Å².